The van der Waals surface area contributed by atoms with Crippen LogP contribution in [-0.4, -0.2) is 60.9 Å². The van der Waals surface area contributed by atoms with E-state index in [0.717, 1.165) is 17.0 Å². The van der Waals surface area contributed by atoms with Gasteiger partial charge in [0.15, 0.2) is 16.7 Å². The standard InChI is InChI=1S/C33H36N4O6S/c1-21-16-22(2)35-33(34-21)44-20-29(38)37(19-23-10-8-7-9-11-23)30(32(39)36-25-12-14-26(40-3)15-13-25)24-17-27(41-4)31(43-6)28(18-24)42-5/h7-18,30H,19-20H2,1-6H3,(H,36,39). The summed E-state index contributed by atoms with van der Waals surface area (Å²) in [5.41, 5.74) is 3.48. The molecule has 1 atom stereocenters. The maximum absolute atomic E-state index is 14.2. The molecule has 0 bridgehead atoms. The maximum atomic E-state index is 14.2. The Balaban J connectivity index is 1.80. The van der Waals surface area contributed by atoms with Gasteiger partial charge in [-0.1, -0.05) is 42.1 Å². The van der Waals surface area contributed by atoms with E-state index in [-0.39, 0.29) is 18.2 Å². The molecule has 230 valence electrons. The molecule has 11 heteroatoms. The molecule has 1 N–H and O–H groups in total. The first-order valence-corrected chi connectivity index (χ1v) is 14.8. The molecule has 0 aliphatic carbocycles. The van der Waals surface area contributed by atoms with Crippen molar-refractivity contribution in [2.24, 2.45) is 0 Å². The van der Waals surface area contributed by atoms with Gasteiger partial charge in [-0.25, -0.2) is 9.97 Å². The molecule has 4 aromatic rings. The van der Waals surface area contributed by atoms with Crippen molar-refractivity contribution >= 4 is 29.3 Å². The smallest absolute Gasteiger partial charge is 0.251 e. The second-order valence-corrected chi connectivity index (χ2v) is 10.8. The molecular weight excluding hydrogens is 580 g/mol. The van der Waals surface area contributed by atoms with E-state index in [9.17, 15) is 9.59 Å². The van der Waals surface area contributed by atoms with Crippen LogP contribution in [0.25, 0.3) is 0 Å². The fraction of sp³-hybridized carbons (Fsp3) is 0.273. The molecule has 1 unspecified atom stereocenters. The van der Waals surface area contributed by atoms with Gasteiger partial charge in [0.25, 0.3) is 5.91 Å². The molecule has 1 heterocycles. The Morgan fingerprint density at radius 1 is 0.818 bits per heavy atom. The molecule has 0 aliphatic heterocycles. The molecule has 0 radical (unpaired) electrons. The number of aromatic nitrogens is 2. The van der Waals surface area contributed by atoms with Gasteiger partial charge in [0.2, 0.25) is 11.7 Å². The zero-order chi connectivity index (χ0) is 31.6. The molecule has 2 amide bonds. The zero-order valence-electron chi connectivity index (χ0n) is 25.6. The zero-order valence-corrected chi connectivity index (χ0v) is 26.4. The lowest BCUT2D eigenvalue weighted by atomic mass is 10.0. The number of methoxy groups -OCH3 is 4. The highest BCUT2D eigenvalue weighted by molar-refractivity contribution is 7.99. The van der Waals surface area contributed by atoms with Gasteiger partial charge in [-0.2, -0.15) is 0 Å². The van der Waals surface area contributed by atoms with Gasteiger partial charge in [-0.3, -0.25) is 9.59 Å². The van der Waals surface area contributed by atoms with Crippen LogP contribution in [0, 0.1) is 13.8 Å². The topological polar surface area (TPSA) is 112 Å². The van der Waals surface area contributed by atoms with Crippen LogP contribution in [-0.2, 0) is 16.1 Å². The third-order valence-electron chi connectivity index (χ3n) is 6.72. The number of hydrogen-bond acceptors (Lipinski definition) is 9. The number of ether oxygens (including phenoxy) is 4. The number of amides is 2. The van der Waals surface area contributed by atoms with Gasteiger partial charge < -0.3 is 29.2 Å². The molecule has 0 aliphatic rings. The average Bonchev–Trinajstić information content (AvgIpc) is 3.03. The number of hydrogen-bond donors (Lipinski definition) is 1. The Hall–Kier alpha value is -4.77. The number of benzene rings is 3. The number of anilines is 1. The van der Waals surface area contributed by atoms with E-state index in [4.69, 9.17) is 18.9 Å². The van der Waals surface area contributed by atoms with E-state index in [2.05, 4.69) is 15.3 Å². The van der Waals surface area contributed by atoms with E-state index >= 15 is 0 Å². The monoisotopic (exact) mass is 616 g/mol. The quantitative estimate of drug-likeness (QED) is 0.151. The fourth-order valence-corrected chi connectivity index (χ4v) is 5.52. The number of nitrogens with zero attached hydrogens (tertiary/aromatic N) is 3. The lowest BCUT2D eigenvalue weighted by molar-refractivity contribution is -0.137. The lowest BCUT2D eigenvalue weighted by Crippen LogP contribution is -2.42. The summed E-state index contributed by atoms with van der Waals surface area (Å²) in [5.74, 6) is 1.02. The highest BCUT2D eigenvalue weighted by atomic mass is 32.2. The van der Waals surface area contributed by atoms with Gasteiger partial charge in [-0.15, -0.1) is 0 Å². The molecule has 0 fully saturated rings. The number of rotatable bonds is 13. The average molecular weight is 617 g/mol. The Bertz CT molecular complexity index is 1540. The first-order chi connectivity index (χ1) is 21.3. The van der Waals surface area contributed by atoms with Crippen molar-refractivity contribution in [3.8, 4) is 23.0 Å². The summed E-state index contributed by atoms with van der Waals surface area (Å²) in [7, 11) is 6.08. The molecule has 0 saturated carbocycles. The van der Waals surface area contributed by atoms with Crippen LogP contribution in [0.3, 0.4) is 0 Å². The maximum Gasteiger partial charge on any atom is 0.251 e. The summed E-state index contributed by atoms with van der Waals surface area (Å²) < 4.78 is 22.0. The van der Waals surface area contributed by atoms with Crippen LogP contribution < -0.4 is 24.3 Å². The number of aryl methyl sites for hydroxylation is 2. The third kappa shape index (κ3) is 7.99. The highest BCUT2D eigenvalue weighted by Gasteiger charge is 2.34. The van der Waals surface area contributed by atoms with Crippen LogP contribution in [0.4, 0.5) is 5.69 Å². The predicted octanol–water partition coefficient (Wildman–Crippen LogP) is 5.63. The first kappa shape index (κ1) is 32.2. The van der Waals surface area contributed by atoms with Crippen LogP contribution in [0.5, 0.6) is 23.0 Å². The first-order valence-electron chi connectivity index (χ1n) is 13.8. The van der Waals surface area contributed by atoms with Gasteiger partial charge in [0, 0.05) is 23.6 Å². The Kier molecular flexibility index (Phi) is 11.0. The van der Waals surface area contributed by atoms with E-state index in [1.54, 1.807) is 48.4 Å². The normalized spacial score (nSPS) is 11.3. The Morgan fingerprint density at radius 2 is 1.43 bits per heavy atom. The van der Waals surface area contributed by atoms with Gasteiger partial charge in [0.1, 0.15) is 11.8 Å². The lowest BCUT2D eigenvalue weighted by Gasteiger charge is -2.32. The molecule has 1 aromatic heterocycles. The minimum Gasteiger partial charge on any atom is -0.497 e. The number of thioether (sulfide) groups is 1. The molecule has 44 heavy (non-hydrogen) atoms. The summed E-state index contributed by atoms with van der Waals surface area (Å²) in [4.78, 5) is 38.9. The van der Waals surface area contributed by atoms with Crippen LogP contribution in [0.15, 0.2) is 78.0 Å². The molecule has 4 rings (SSSR count). The van der Waals surface area contributed by atoms with Crippen LogP contribution in [0.1, 0.15) is 28.6 Å². The van der Waals surface area contributed by atoms with Gasteiger partial charge in [-0.05, 0) is 67.4 Å². The molecule has 0 spiro atoms. The molecule has 3 aromatic carbocycles. The number of nitrogens with one attached hydrogen (secondary N) is 1. The van der Waals surface area contributed by atoms with Crippen LogP contribution >= 0.6 is 11.8 Å². The minimum absolute atomic E-state index is 0.00642. The van der Waals surface area contributed by atoms with Crippen molar-refractivity contribution in [1.82, 2.24) is 14.9 Å². The second-order valence-electron chi connectivity index (χ2n) is 9.81. The summed E-state index contributed by atoms with van der Waals surface area (Å²) in [6.07, 6.45) is 0. The van der Waals surface area contributed by atoms with E-state index in [0.29, 0.717) is 39.4 Å². The summed E-state index contributed by atoms with van der Waals surface area (Å²) in [6.45, 7) is 3.92. The van der Waals surface area contributed by atoms with Crippen molar-refractivity contribution in [3.63, 3.8) is 0 Å². The van der Waals surface area contributed by atoms with E-state index in [1.807, 2.05) is 50.2 Å². The third-order valence-corrected chi connectivity index (χ3v) is 7.56. The Morgan fingerprint density at radius 3 is 1.98 bits per heavy atom. The summed E-state index contributed by atoms with van der Waals surface area (Å²) in [6, 6.07) is 20.6. The van der Waals surface area contributed by atoms with Crippen molar-refractivity contribution < 1.29 is 28.5 Å². The van der Waals surface area contributed by atoms with Crippen molar-refractivity contribution in [2.45, 2.75) is 31.6 Å². The molecular formula is C33H36N4O6S. The fourth-order valence-electron chi connectivity index (χ4n) is 4.69. The second kappa shape index (κ2) is 15.1. The van der Waals surface area contributed by atoms with Gasteiger partial charge >= 0.3 is 0 Å². The summed E-state index contributed by atoms with van der Waals surface area (Å²) >= 11 is 1.22. The molecule has 10 nitrogen and oxygen atoms in total. The van der Waals surface area contributed by atoms with E-state index in [1.165, 1.54) is 33.1 Å². The van der Waals surface area contributed by atoms with Crippen molar-refractivity contribution in [1.29, 1.82) is 0 Å². The number of carbonyl (C=O) groups is 2. The van der Waals surface area contributed by atoms with Crippen LogP contribution in [0.2, 0.25) is 0 Å². The largest absolute Gasteiger partial charge is 0.497 e. The SMILES string of the molecule is COc1ccc(NC(=O)C(c2cc(OC)c(OC)c(OC)c2)N(Cc2ccccc2)C(=O)CSc2nc(C)cc(C)n2)cc1. The summed E-state index contributed by atoms with van der Waals surface area (Å²) in [5, 5.41) is 3.46. The van der Waals surface area contributed by atoms with E-state index < -0.39 is 11.9 Å². The minimum atomic E-state index is -1.08. The highest BCUT2D eigenvalue weighted by Crippen LogP contribution is 2.41. The predicted molar refractivity (Wildman–Crippen MR) is 170 cm³/mol. The van der Waals surface area contributed by atoms with Crippen molar-refractivity contribution in [2.75, 3.05) is 39.5 Å². The number of carbonyl (C=O) groups excluding carboxylic acids is 2. The Labute approximate surface area is 261 Å². The van der Waals surface area contributed by atoms with Gasteiger partial charge in [0.05, 0.1) is 34.2 Å². The van der Waals surface area contributed by atoms with Crippen molar-refractivity contribution in [3.05, 3.63) is 95.3 Å². The molecule has 0 saturated heterocycles.